The molecule has 0 aliphatic heterocycles. The van der Waals surface area contributed by atoms with Gasteiger partial charge in [0.25, 0.3) is 0 Å². The number of Topliss-reactive ketones (excluding diaryl/α,β-unsaturated/α-hetero) is 1. The van der Waals surface area contributed by atoms with Crippen LogP contribution in [0.25, 0.3) is 0 Å². The van der Waals surface area contributed by atoms with Gasteiger partial charge in [0.2, 0.25) is 0 Å². The van der Waals surface area contributed by atoms with E-state index >= 15 is 0 Å². The summed E-state index contributed by atoms with van der Waals surface area (Å²) < 4.78 is 0. The summed E-state index contributed by atoms with van der Waals surface area (Å²) in [5.74, 6) is 0.661. The summed E-state index contributed by atoms with van der Waals surface area (Å²) >= 11 is 0. The lowest BCUT2D eigenvalue weighted by molar-refractivity contribution is -0.122. The molecule has 31 heavy (non-hydrogen) atoms. The van der Waals surface area contributed by atoms with Crippen LogP contribution >= 0.6 is 0 Å². The van der Waals surface area contributed by atoms with Gasteiger partial charge in [-0.15, -0.1) is 0 Å². The van der Waals surface area contributed by atoms with E-state index in [-0.39, 0.29) is 5.92 Å². The average molecular weight is 438 g/mol. The minimum Gasteiger partial charge on any atom is -0.333 e. The number of allylic oxidation sites excluding steroid dienone is 4. The molecule has 0 amide bonds. The molecule has 0 bridgehead atoms. The van der Waals surface area contributed by atoms with Gasteiger partial charge < -0.3 is 5.73 Å². The largest absolute Gasteiger partial charge is 0.333 e. The molecule has 0 saturated carbocycles. The second-order valence-electron chi connectivity index (χ2n) is 8.35. The van der Waals surface area contributed by atoms with Crippen LogP contribution in [0.15, 0.2) is 37.0 Å². The van der Waals surface area contributed by atoms with Crippen molar-refractivity contribution in [3.63, 3.8) is 0 Å². The van der Waals surface area contributed by atoms with Crippen LogP contribution in [-0.2, 0) is 4.79 Å². The predicted octanol–water partition coefficient (Wildman–Crippen LogP) is 9.60. The Morgan fingerprint density at radius 1 is 0.774 bits per heavy atom. The van der Waals surface area contributed by atoms with Crippen molar-refractivity contribution < 1.29 is 4.79 Å². The number of unbranched alkanes of at least 4 members (excludes halogenated alkanes) is 11. The molecule has 0 aromatic rings. The number of carbonyl (C=O) groups is 1. The van der Waals surface area contributed by atoms with Crippen LogP contribution in [0.1, 0.15) is 131 Å². The zero-order valence-corrected chi connectivity index (χ0v) is 22.6. The first-order chi connectivity index (χ1) is 14.9. The van der Waals surface area contributed by atoms with Crippen LogP contribution in [0.3, 0.4) is 0 Å². The Morgan fingerprint density at radius 3 is 1.39 bits per heavy atom. The summed E-state index contributed by atoms with van der Waals surface area (Å²) in [6.45, 7) is 19.8. The highest BCUT2D eigenvalue weighted by Gasteiger charge is 2.05. The molecular formula is C29H59NO. The van der Waals surface area contributed by atoms with E-state index in [1.54, 1.807) is 6.08 Å². The smallest absolute Gasteiger partial charge is 0.135 e. The van der Waals surface area contributed by atoms with Crippen molar-refractivity contribution in [2.24, 2.45) is 11.7 Å². The van der Waals surface area contributed by atoms with Crippen LogP contribution in [0.2, 0.25) is 0 Å². The third-order valence-corrected chi connectivity index (χ3v) is 4.64. The number of hydrogen-bond acceptors (Lipinski definition) is 2. The van der Waals surface area contributed by atoms with E-state index in [1.807, 2.05) is 32.9 Å². The molecule has 0 spiro atoms. The Bertz CT molecular complexity index is 376. The highest BCUT2D eigenvalue weighted by molar-refractivity contribution is 5.80. The molecule has 2 nitrogen and oxygen atoms in total. The summed E-state index contributed by atoms with van der Waals surface area (Å²) in [6, 6.07) is 0. The lowest BCUT2D eigenvalue weighted by Crippen LogP contribution is -2.05. The van der Waals surface area contributed by atoms with Gasteiger partial charge in [0.1, 0.15) is 5.78 Å². The summed E-state index contributed by atoms with van der Waals surface area (Å²) in [7, 11) is 1.50. The zero-order valence-electron chi connectivity index (χ0n) is 22.6. The molecule has 0 aliphatic carbocycles. The van der Waals surface area contributed by atoms with Gasteiger partial charge in [0, 0.05) is 12.3 Å². The molecule has 0 aromatic carbocycles. The van der Waals surface area contributed by atoms with Gasteiger partial charge in [0.15, 0.2) is 0 Å². The van der Waals surface area contributed by atoms with Gasteiger partial charge in [-0.3, -0.25) is 4.79 Å². The maximum Gasteiger partial charge on any atom is 0.135 e. The third-order valence-electron chi connectivity index (χ3n) is 4.64. The van der Waals surface area contributed by atoms with Crippen molar-refractivity contribution in [1.82, 2.24) is 0 Å². The second kappa shape index (κ2) is 36.2. The van der Waals surface area contributed by atoms with Crippen LogP contribution in [-0.4, -0.2) is 12.8 Å². The molecule has 0 saturated heterocycles. The van der Waals surface area contributed by atoms with Crippen molar-refractivity contribution in [3.05, 3.63) is 37.0 Å². The number of ketones is 1. The van der Waals surface area contributed by atoms with Gasteiger partial charge >= 0.3 is 0 Å². The molecule has 0 atom stereocenters. The topological polar surface area (TPSA) is 43.1 Å². The van der Waals surface area contributed by atoms with Gasteiger partial charge in [0.05, 0.1) is 0 Å². The quantitative estimate of drug-likeness (QED) is 0.193. The van der Waals surface area contributed by atoms with Gasteiger partial charge in [-0.2, -0.15) is 0 Å². The van der Waals surface area contributed by atoms with E-state index in [9.17, 15) is 4.79 Å². The normalized spacial score (nSPS) is 9.71. The Labute approximate surface area is 197 Å². The third kappa shape index (κ3) is 47.8. The molecule has 0 heterocycles. The highest BCUT2D eigenvalue weighted by Crippen LogP contribution is 2.10. The fraction of sp³-hybridized carbons (Fsp3) is 0.759. The highest BCUT2D eigenvalue weighted by atomic mass is 16.1. The Morgan fingerprint density at radius 2 is 1.13 bits per heavy atom. The molecule has 186 valence electrons. The lowest BCUT2D eigenvalue weighted by atomic mass is 10.0. The molecule has 0 rings (SSSR count). The van der Waals surface area contributed by atoms with E-state index in [4.69, 9.17) is 0 Å². The molecular weight excluding hydrogens is 378 g/mol. The predicted molar refractivity (Wildman–Crippen MR) is 146 cm³/mol. The standard InChI is InChI=1S/C13H26O.C8H18.C7H10.CH5N/c1-4-5-6-7-8-9-10-11-13(14)12(2)3;1-3-5-7-8-6-4-2;1-4-5-6-7(2)3;1-2/h12H,4-11H2,1-3H3;3-8H2,1-2H3;4-6H,1-2H2,3H3;2H2,1H3/b;;6-5-;. The van der Waals surface area contributed by atoms with Gasteiger partial charge in [-0.05, 0) is 20.4 Å². The molecule has 0 fully saturated rings. The fourth-order valence-electron chi connectivity index (χ4n) is 2.63. The van der Waals surface area contributed by atoms with Gasteiger partial charge in [-0.1, -0.05) is 149 Å². The summed E-state index contributed by atoms with van der Waals surface area (Å²) in [5.41, 5.74) is 5.56. The van der Waals surface area contributed by atoms with Crippen molar-refractivity contribution in [1.29, 1.82) is 0 Å². The molecule has 0 radical (unpaired) electrons. The summed E-state index contributed by atoms with van der Waals surface area (Å²) in [6.07, 6.45) is 23.8. The molecule has 0 aliphatic rings. The van der Waals surface area contributed by atoms with E-state index < -0.39 is 0 Å². The fourth-order valence-corrected chi connectivity index (χ4v) is 2.63. The van der Waals surface area contributed by atoms with Crippen LogP contribution in [0.4, 0.5) is 0 Å². The first-order valence-electron chi connectivity index (χ1n) is 12.9. The average Bonchev–Trinajstić information content (AvgIpc) is 2.76. The van der Waals surface area contributed by atoms with Crippen molar-refractivity contribution in [2.75, 3.05) is 7.05 Å². The first-order valence-corrected chi connectivity index (χ1v) is 12.9. The van der Waals surface area contributed by atoms with Crippen molar-refractivity contribution in [2.45, 2.75) is 131 Å². The minimum atomic E-state index is 0.232. The molecule has 2 heteroatoms. The molecule has 0 unspecified atom stereocenters. The van der Waals surface area contributed by atoms with E-state index in [2.05, 4.69) is 39.7 Å². The maximum atomic E-state index is 11.3. The minimum absolute atomic E-state index is 0.232. The Hall–Kier alpha value is -1.15. The summed E-state index contributed by atoms with van der Waals surface area (Å²) in [4.78, 5) is 11.3. The van der Waals surface area contributed by atoms with Crippen molar-refractivity contribution >= 4 is 5.78 Å². The Balaban J connectivity index is -0.000000183. The van der Waals surface area contributed by atoms with Crippen LogP contribution in [0, 0.1) is 5.92 Å². The van der Waals surface area contributed by atoms with Crippen LogP contribution < -0.4 is 5.73 Å². The zero-order chi connectivity index (χ0) is 24.8. The van der Waals surface area contributed by atoms with Gasteiger partial charge in [-0.25, -0.2) is 0 Å². The Kier molecular flexibility index (Phi) is 43.5. The SMILES string of the molecule is C=C/C=C\C(=C)C.CCCCCCCC.CCCCCCCCCC(=O)C(C)C.CN. The van der Waals surface area contributed by atoms with E-state index in [0.29, 0.717) is 5.78 Å². The lowest BCUT2D eigenvalue weighted by Gasteiger charge is -2.03. The van der Waals surface area contributed by atoms with E-state index in [0.717, 1.165) is 18.4 Å². The number of rotatable bonds is 16. The van der Waals surface area contributed by atoms with E-state index in [1.165, 1.54) is 84.1 Å². The number of carbonyl (C=O) groups excluding carboxylic acids is 1. The second-order valence-corrected chi connectivity index (χ2v) is 8.35. The number of hydrogen-bond donors (Lipinski definition) is 1. The summed E-state index contributed by atoms with van der Waals surface area (Å²) in [5, 5.41) is 0. The monoisotopic (exact) mass is 437 g/mol. The van der Waals surface area contributed by atoms with Crippen LogP contribution in [0.5, 0.6) is 0 Å². The van der Waals surface area contributed by atoms with Crippen molar-refractivity contribution in [3.8, 4) is 0 Å². The molecule has 0 aromatic heterocycles. The molecule has 2 N–H and O–H groups in total. The maximum absolute atomic E-state index is 11.3. The first kappa shape index (κ1) is 37.2. The number of nitrogens with two attached hydrogens (primary N) is 1.